The number of carbonyl (C=O) groups excluding carboxylic acids is 1. The number of hydrogen-bond donors (Lipinski definition) is 2. The van der Waals surface area contributed by atoms with Gasteiger partial charge in [-0.25, -0.2) is 4.79 Å². The second kappa shape index (κ2) is 5.03. The van der Waals surface area contributed by atoms with Crippen molar-refractivity contribution in [2.45, 2.75) is 12.2 Å². The number of amides is 1. The van der Waals surface area contributed by atoms with E-state index in [-0.39, 0.29) is 11.1 Å². The third-order valence-corrected chi connectivity index (χ3v) is 3.97. The van der Waals surface area contributed by atoms with Crippen LogP contribution in [0.5, 0.6) is 0 Å². The number of rotatable bonds is 3. The Bertz CT molecular complexity index is 895. The lowest BCUT2D eigenvalue weighted by molar-refractivity contribution is -0.133. The maximum Gasteiger partial charge on any atom is 0.335 e. The molecular weight excluding hydrogens is 296 g/mol. The Morgan fingerprint density at radius 3 is 2.61 bits per heavy atom. The quantitative estimate of drug-likeness (QED) is 0.845. The van der Waals surface area contributed by atoms with Crippen molar-refractivity contribution in [1.29, 1.82) is 0 Å². The summed E-state index contributed by atoms with van der Waals surface area (Å²) in [6.45, 7) is 0. The highest BCUT2D eigenvalue weighted by atomic mass is 16.5. The summed E-state index contributed by atoms with van der Waals surface area (Å²) in [4.78, 5) is 28.3. The number of nitrogens with zero attached hydrogens (tertiary/aromatic N) is 1. The molecule has 0 fully saturated rings. The molecule has 2 atom stereocenters. The van der Waals surface area contributed by atoms with Crippen molar-refractivity contribution in [1.82, 2.24) is 4.98 Å². The number of pyridine rings is 1. The van der Waals surface area contributed by atoms with Gasteiger partial charge < -0.3 is 15.2 Å². The molecule has 1 aromatic heterocycles. The molecule has 0 saturated heterocycles. The number of hydrogen-bond acceptors (Lipinski definition) is 4. The standard InChI is InChI=1S/C17H12N2O4/c20-16(13-11-6-7-12(23-11)14(13)17(21)22)19-10-5-1-3-9-4-2-8-18-15(9)10/h1-8,11-12H,(H,19,20)(H,21,22). The molecule has 6 nitrogen and oxygen atoms in total. The molecule has 2 aliphatic heterocycles. The summed E-state index contributed by atoms with van der Waals surface area (Å²) >= 11 is 0. The number of aliphatic carboxylic acids is 1. The van der Waals surface area contributed by atoms with Crippen LogP contribution in [0.15, 0.2) is 59.8 Å². The number of carbonyl (C=O) groups is 2. The van der Waals surface area contributed by atoms with Crippen molar-refractivity contribution in [3.8, 4) is 0 Å². The Kier molecular flexibility index (Phi) is 2.99. The lowest BCUT2D eigenvalue weighted by Gasteiger charge is -2.12. The first-order valence-electron chi connectivity index (χ1n) is 7.11. The summed E-state index contributed by atoms with van der Waals surface area (Å²) in [6.07, 6.45) is 3.75. The molecular formula is C17H12N2O4. The zero-order valence-corrected chi connectivity index (χ0v) is 11.9. The molecule has 1 amide bonds. The Morgan fingerprint density at radius 2 is 1.83 bits per heavy atom. The van der Waals surface area contributed by atoms with Gasteiger partial charge in [0.2, 0.25) is 0 Å². The van der Waals surface area contributed by atoms with Gasteiger partial charge in [0.05, 0.1) is 22.4 Å². The van der Waals surface area contributed by atoms with Crippen molar-refractivity contribution in [2.24, 2.45) is 0 Å². The molecule has 4 rings (SSSR count). The molecule has 2 aromatic rings. The number of para-hydroxylation sites is 1. The number of nitrogens with one attached hydrogen (secondary N) is 1. The van der Waals surface area contributed by atoms with Crippen LogP contribution in [0.2, 0.25) is 0 Å². The summed E-state index contributed by atoms with van der Waals surface area (Å²) in [5.41, 5.74) is 1.35. The summed E-state index contributed by atoms with van der Waals surface area (Å²) in [6, 6.07) is 9.14. The molecule has 23 heavy (non-hydrogen) atoms. The van der Waals surface area contributed by atoms with Gasteiger partial charge in [-0.3, -0.25) is 9.78 Å². The Morgan fingerprint density at radius 1 is 1.09 bits per heavy atom. The summed E-state index contributed by atoms with van der Waals surface area (Å²) in [5, 5.41) is 13.0. The van der Waals surface area contributed by atoms with E-state index >= 15 is 0 Å². The van der Waals surface area contributed by atoms with E-state index in [1.807, 2.05) is 24.3 Å². The summed E-state index contributed by atoms with van der Waals surface area (Å²) in [5.74, 6) is -1.61. The fourth-order valence-corrected chi connectivity index (χ4v) is 2.97. The van der Waals surface area contributed by atoms with Gasteiger partial charge in [-0.05, 0) is 12.1 Å². The van der Waals surface area contributed by atoms with E-state index in [4.69, 9.17) is 4.74 Å². The van der Waals surface area contributed by atoms with E-state index in [2.05, 4.69) is 10.3 Å². The van der Waals surface area contributed by atoms with Crippen LogP contribution in [0, 0.1) is 0 Å². The Balaban J connectivity index is 1.71. The van der Waals surface area contributed by atoms with Gasteiger partial charge in [0.25, 0.3) is 5.91 Å². The largest absolute Gasteiger partial charge is 0.478 e. The number of anilines is 1. The fraction of sp³-hybridized carbons (Fsp3) is 0.118. The highest BCUT2D eigenvalue weighted by Crippen LogP contribution is 2.35. The van der Waals surface area contributed by atoms with Crippen LogP contribution in [0.25, 0.3) is 10.9 Å². The molecule has 0 saturated carbocycles. The second-order valence-corrected chi connectivity index (χ2v) is 5.33. The molecule has 2 aliphatic rings. The minimum absolute atomic E-state index is 0.00296. The van der Waals surface area contributed by atoms with Gasteiger partial charge in [-0.15, -0.1) is 0 Å². The number of ether oxygens (including phenoxy) is 1. The Labute approximate surface area is 131 Å². The molecule has 0 radical (unpaired) electrons. The van der Waals surface area contributed by atoms with Crippen molar-refractivity contribution in [3.05, 3.63) is 59.8 Å². The van der Waals surface area contributed by atoms with Crippen LogP contribution in [-0.2, 0) is 14.3 Å². The highest BCUT2D eigenvalue weighted by molar-refractivity contribution is 6.13. The molecule has 114 valence electrons. The minimum Gasteiger partial charge on any atom is -0.478 e. The highest BCUT2D eigenvalue weighted by Gasteiger charge is 2.42. The van der Waals surface area contributed by atoms with Gasteiger partial charge in [0.1, 0.15) is 12.2 Å². The van der Waals surface area contributed by atoms with E-state index in [9.17, 15) is 14.7 Å². The number of fused-ring (bicyclic) bond motifs is 3. The zero-order chi connectivity index (χ0) is 16.0. The van der Waals surface area contributed by atoms with Crippen molar-refractivity contribution in [3.63, 3.8) is 0 Å². The molecule has 2 N–H and O–H groups in total. The first kappa shape index (κ1) is 13.7. The van der Waals surface area contributed by atoms with E-state index in [1.54, 1.807) is 24.4 Å². The monoisotopic (exact) mass is 308 g/mol. The smallest absolute Gasteiger partial charge is 0.335 e. The topological polar surface area (TPSA) is 88.5 Å². The first-order chi connectivity index (χ1) is 11.1. The van der Waals surface area contributed by atoms with Crippen LogP contribution in [0.4, 0.5) is 5.69 Å². The molecule has 0 aliphatic carbocycles. The minimum atomic E-state index is -1.14. The molecule has 3 heterocycles. The van der Waals surface area contributed by atoms with Gasteiger partial charge in [-0.2, -0.15) is 0 Å². The Hall–Kier alpha value is -2.99. The fourth-order valence-electron chi connectivity index (χ4n) is 2.97. The average molecular weight is 308 g/mol. The van der Waals surface area contributed by atoms with Crippen LogP contribution < -0.4 is 5.32 Å². The van der Waals surface area contributed by atoms with Crippen molar-refractivity contribution < 1.29 is 19.4 Å². The van der Waals surface area contributed by atoms with Gasteiger partial charge in [0.15, 0.2) is 0 Å². The van der Waals surface area contributed by atoms with Crippen molar-refractivity contribution >= 4 is 28.5 Å². The average Bonchev–Trinajstić information content (AvgIpc) is 3.16. The summed E-state index contributed by atoms with van der Waals surface area (Å²) in [7, 11) is 0. The van der Waals surface area contributed by atoms with Crippen LogP contribution in [0.3, 0.4) is 0 Å². The second-order valence-electron chi connectivity index (χ2n) is 5.33. The molecule has 2 unspecified atom stereocenters. The third-order valence-electron chi connectivity index (χ3n) is 3.97. The van der Waals surface area contributed by atoms with Crippen molar-refractivity contribution in [2.75, 3.05) is 5.32 Å². The van der Waals surface area contributed by atoms with Gasteiger partial charge in [-0.1, -0.05) is 30.4 Å². The van der Waals surface area contributed by atoms with E-state index in [0.717, 1.165) is 5.39 Å². The summed E-state index contributed by atoms with van der Waals surface area (Å²) < 4.78 is 5.46. The predicted molar refractivity (Wildman–Crippen MR) is 82.8 cm³/mol. The van der Waals surface area contributed by atoms with E-state index in [0.29, 0.717) is 11.2 Å². The van der Waals surface area contributed by atoms with Gasteiger partial charge in [0, 0.05) is 11.6 Å². The molecule has 1 aromatic carbocycles. The zero-order valence-electron chi connectivity index (χ0n) is 11.9. The first-order valence-corrected chi connectivity index (χ1v) is 7.11. The third kappa shape index (κ3) is 2.11. The lowest BCUT2D eigenvalue weighted by Crippen LogP contribution is -2.24. The lowest BCUT2D eigenvalue weighted by atomic mass is 9.96. The number of carboxylic acid groups (broad SMARTS) is 1. The van der Waals surface area contributed by atoms with E-state index in [1.165, 1.54) is 0 Å². The predicted octanol–water partition coefficient (Wildman–Crippen LogP) is 1.89. The number of carboxylic acids is 1. The molecule has 2 bridgehead atoms. The molecule has 6 heteroatoms. The van der Waals surface area contributed by atoms with Crippen LogP contribution >= 0.6 is 0 Å². The van der Waals surface area contributed by atoms with Crippen LogP contribution in [0.1, 0.15) is 0 Å². The maximum atomic E-state index is 12.6. The number of aromatic nitrogens is 1. The van der Waals surface area contributed by atoms with Crippen LogP contribution in [-0.4, -0.2) is 34.2 Å². The maximum absolute atomic E-state index is 12.6. The molecule has 0 spiro atoms. The normalized spacial score (nSPS) is 21.9. The SMILES string of the molecule is O=C(O)C1=C(C(=O)Nc2cccc3cccnc23)C2C=CC1O2. The van der Waals surface area contributed by atoms with E-state index < -0.39 is 24.1 Å². The number of benzene rings is 1. The van der Waals surface area contributed by atoms with Gasteiger partial charge >= 0.3 is 5.97 Å².